The van der Waals surface area contributed by atoms with Gasteiger partial charge in [0.2, 0.25) is 0 Å². The Morgan fingerprint density at radius 2 is 1.96 bits per heavy atom. The van der Waals surface area contributed by atoms with E-state index in [-0.39, 0.29) is 12.5 Å². The molecule has 2 aromatic carbocycles. The number of halogens is 1. The van der Waals surface area contributed by atoms with Crippen LogP contribution in [0, 0.1) is 0 Å². The predicted octanol–water partition coefficient (Wildman–Crippen LogP) is 3.43. The number of fused-ring (bicyclic) bond motifs is 1. The molecule has 0 saturated heterocycles. The van der Waals surface area contributed by atoms with Crippen LogP contribution in [0.2, 0.25) is 5.02 Å². The normalized spacial score (nSPS) is 16.5. The lowest BCUT2D eigenvalue weighted by Crippen LogP contribution is -2.50. The van der Waals surface area contributed by atoms with Gasteiger partial charge >= 0.3 is 0 Å². The molecule has 0 bridgehead atoms. The van der Waals surface area contributed by atoms with Crippen LogP contribution in [0.4, 0.5) is 5.69 Å². The zero-order valence-electron chi connectivity index (χ0n) is 15.3. The van der Waals surface area contributed by atoms with Gasteiger partial charge in [-0.15, -0.1) is 0 Å². The lowest BCUT2D eigenvalue weighted by atomic mass is 10.2. The van der Waals surface area contributed by atoms with Gasteiger partial charge in [-0.25, -0.2) is 8.42 Å². The van der Waals surface area contributed by atoms with Gasteiger partial charge in [0.15, 0.2) is 6.10 Å². The number of carbonyl (C=O) groups is 1. The first-order valence-electron chi connectivity index (χ1n) is 8.90. The molecule has 0 radical (unpaired) electrons. The van der Waals surface area contributed by atoms with E-state index in [0.717, 1.165) is 11.8 Å². The molecule has 0 saturated carbocycles. The van der Waals surface area contributed by atoms with Crippen molar-refractivity contribution >= 4 is 39.3 Å². The molecular formula is C20H21ClN2O4S. The van der Waals surface area contributed by atoms with E-state index in [1.165, 1.54) is 10.4 Å². The highest BCUT2D eigenvalue weighted by Gasteiger charge is 2.35. The number of sulfonamides is 1. The largest absolute Gasteiger partial charge is 0.476 e. The molecule has 0 aliphatic carbocycles. The standard InChI is InChI=1S/C20H21ClN2O4S/c1-2-12-22-20(24)19-14-23(17-5-3-4-6-18(17)27-19)28(25,26)13-11-15-7-9-16(21)10-8-15/h3-11,13,19H,2,12,14H2,1H3,(H,22,24)/b13-11+/t19-/m1/s1. The van der Waals surface area contributed by atoms with Crippen molar-refractivity contribution in [2.75, 3.05) is 17.4 Å². The maximum Gasteiger partial charge on any atom is 0.263 e. The SMILES string of the molecule is CCCNC(=O)[C@H]1CN(S(=O)(=O)/C=C/c2ccc(Cl)cc2)c2ccccc2O1. The zero-order chi connectivity index (χ0) is 20.1. The Morgan fingerprint density at radius 1 is 1.25 bits per heavy atom. The second kappa shape index (κ2) is 8.67. The Bertz CT molecular complexity index is 974. The Morgan fingerprint density at radius 3 is 2.68 bits per heavy atom. The summed E-state index contributed by atoms with van der Waals surface area (Å²) in [5.41, 5.74) is 1.11. The van der Waals surface area contributed by atoms with Crippen molar-refractivity contribution in [3.63, 3.8) is 0 Å². The van der Waals surface area contributed by atoms with Crippen molar-refractivity contribution in [3.05, 3.63) is 64.5 Å². The van der Waals surface area contributed by atoms with Crippen LogP contribution in [0.25, 0.3) is 6.08 Å². The number of nitrogens with zero attached hydrogens (tertiary/aromatic N) is 1. The molecule has 28 heavy (non-hydrogen) atoms. The fourth-order valence-electron chi connectivity index (χ4n) is 2.75. The Labute approximate surface area is 169 Å². The number of amides is 1. The van der Waals surface area contributed by atoms with Crippen LogP contribution in [0.15, 0.2) is 53.9 Å². The van der Waals surface area contributed by atoms with Crippen molar-refractivity contribution in [2.24, 2.45) is 0 Å². The molecule has 3 rings (SSSR count). The van der Waals surface area contributed by atoms with E-state index in [0.29, 0.717) is 28.6 Å². The quantitative estimate of drug-likeness (QED) is 0.776. The molecular weight excluding hydrogens is 400 g/mol. The second-order valence-electron chi connectivity index (χ2n) is 6.30. The van der Waals surface area contributed by atoms with Gasteiger partial charge in [-0.2, -0.15) is 0 Å². The van der Waals surface area contributed by atoms with E-state index >= 15 is 0 Å². The van der Waals surface area contributed by atoms with E-state index in [1.807, 2.05) is 6.92 Å². The number of hydrogen-bond acceptors (Lipinski definition) is 4. The third-order valence-corrected chi connectivity index (χ3v) is 5.88. The first kappa shape index (κ1) is 20.2. The molecule has 6 nitrogen and oxygen atoms in total. The maximum absolute atomic E-state index is 13.0. The number of benzene rings is 2. The third-order valence-electron chi connectivity index (χ3n) is 4.19. The average Bonchev–Trinajstić information content (AvgIpc) is 2.70. The molecule has 0 aromatic heterocycles. The van der Waals surface area contributed by atoms with Crippen LogP contribution < -0.4 is 14.4 Å². The number of rotatable bonds is 6. The smallest absolute Gasteiger partial charge is 0.263 e. The molecule has 2 aromatic rings. The average molecular weight is 421 g/mol. The summed E-state index contributed by atoms with van der Waals surface area (Å²) in [5, 5.41) is 4.45. The molecule has 1 heterocycles. The molecule has 1 N–H and O–H groups in total. The zero-order valence-corrected chi connectivity index (χ0v) is 16.9. The fourth-order valence-corrected chi connectivity index (χ4v) is 4.12. The van der Waals surface area contributed by atoms with Crippen molar-refractivity contribution in [2.45, 2.75) is 19.4 Å². The minimum Gasteiger partial charge on any atom is -0.476 e. The van der Waals surface area contributed by atoms with Crippen LogP contribution in [0.3, 0.4) is 0 Å². The molecule has 0 fully saturated rings. The van der Waals surface area contributed by atoms with Gasteiger partial charge in [0, 0.05) is 11.6 Å². The van der Waals surface area contributed by atoms with E-state index in [2.05, 4.69) is 5.32 Å². The summed E-state index contributed by atoms with van der Waals surface area (Å²) in [6.07, 6.45) is 1.36. The fraction of sp³-hybridized carbons (Fsp3) is 0.250. The molecule has 148 valence electrons. The predicted molar refractivity (Wildman–Crippen MR) is 111 cm³/mol. The van der Waals surface area contributed by atoms with Crippen LogP contribution in [-0.4, -0.2) is 33.5 Å². The van der Waals surface area contributed by atoms with Gasteiger partial charge < -0.3 is 10.1 Å². The van der Waals surface area contributed by atoms with E-state index in [9.17, 15) is 13.2 Å². The van der Waals surface area contributed by atoms with Crippen molar-refractivity contribution < 1.29 is 17.9 Å². The molecule has 1 amide bonds. The first-order chi connectivity index (χ1) is 13.4. The number of para-hydroxylation sites is 2. The van der Waals surface area contributed by atoms with Crippen molar-refractivity contribution in [1.29, 1.82) is 0 Å². The van der Waals surface area contributed by atoms with E-state index < -0.39 is 16.1 Å². The van der Waals surface area contributed by atoms with Gasteiger partial charge in [0.05, 0.1) is 17.6 Å². The number of carbonyl (C=O) groups excluding carboxylic acids is 1. The highest BCUT2D eigenvalue weighted by Crippen LogP contribution is 2.35. The molecule has 1 aliphatic heterocycles. The number of anilines is 1. The second-order valence-corrected chi connectivity index (χ2v) is 8.47. The molecule has 0 spiro atoms. The van der Waals surface area contributed by atoms with E-state index in [4.69, 9.17) is 16.3 Å². The van der Waals surface area contributed by atoms with Crippen LogP contribution in [-0.2, 0) is 14.8 Å². The summed E-state index contributed by atoms with van der Waals surface area (Å²) < 4.78 is 32.9. The van der Waals surface area contributed by atoms with Crippen molar-refractivity contribution in [1.82, 2.24) is 5.32 Å². The number of nitrogens with one attached hydrogen (secondary N) is 1. The lowest BCUT2D eigenvalue weighted by Gasteiger charge is -2.34. The minimum absolute atomic E-state index is 0.0974. The first-order valence-corrected chi connectivity index (χ1v) is 10.8. The van der Waals surface area contributed by atoms with Gasteiger partial charge in [0.25, 0.3) is 15.9 Å². The lowest BCUT2D eigenvalue weighted by molar-refractivity contribution is -0.127. The minimum atomic E-state index is -3.83. The van der Waals surface area contributed by atoms with Crippen molar-refractivity contribution in [3.8, 4) is 5.75 Å². The number of ether oxygens (including phenoxy) is 1. The van der Waals surface area contributed by atoms with E-state index in [1.54, 1.807) is 48.5 Å². The van der Waals surface area contributed by atoms with Crippen LogP contribution in [0.5, 0.6) is 5.75 Å². The molecule has 1 aliphatic rings. The van der Waals surface area contributed by atoms with Gasteiger partial charge in [-0.3, -0.25) is 9.10 Å². The summed E-state index contributed by atoms with van der Waals surface area (Å²) in [4.78, 5) is 12.4. The monoisotopic (exact) mass is 420 g/mol. The summed E-state index contributed by atoms with van der Waals surface area (Å²) >= 11 is 5.86. The summed E-state index contributed by atoms with van der Waals surface area (Å²) in [6.45, 7) is 2.35. The Kier molecular flexibility index (Phi) is 6.26. The Hall–Kier alpha value is -2.51. The highest BCUT2D eigenvalue weighted by molar-refractivity contribution is 7.95. The highest BCUT2D eigenvalue weighted by atomic mass is 35.5. The third kappa shape index (κ3) is 4.66. The molecule has 1 atom stereocenters. The van der Waals surface area contributed by atoms with Gasteiger partial charge in [-0.1, -0.05) is 42.8 Å². The van der Waals surface area contributed by atoms with Gasteiger partial charge in [-0.05, 0) is 42.3 Å². The maximum atomic E-state index is 13.0. The summed E-state index contributed by atoms with van der Waals surface area (Å²) in [5.74, 6) is 0.0205. The topological polar surface area (TPSA) is 75.7 Å². The summed E-state index contributed by atoms with van der Waals surface area (Å²) in [6, 6.07) is 13.6. The molecule has 0 unspecified atom stereocenters. The van der Waals surface area contributed by atoms with Gasteiger partial charge in [0.1, 0.15) is 5.75 Å². The van der Waals surface area contributed by atoms with Crippen LogP contribution in [0.1, 0.15) is 18.9 Å². The molecule has 8 heteroatoms. The van der Waals surface area contributed by atoms with Crippen LogP contribution >= 0.6 is 11.6 Å². The Balaban J connectivity index is 1.89. The summed E-state index contributed by atoms with van der Waals surface area (Å²) in [7, 11) is -3.83. The number of hydrogen-bond donors (Lipinski definition) is 1.